The molecule has 0 radical (unpaired) electrons. The van der Waals surface area contributed by atoms with E-state index in [1.54, 1.807) is 17.5 Å². The number of nitrogens with zero attached hydrogens (tertiary/aromatic N) is 2. The summed E-state index contributed by atoms with van der Waals surface area (Å²) in [6.45, 7) is 11.2. The molecule has 0 saturated heterocycles. The van der Waals surface area contributed by atoms with Gasteiger partial charge in [0.25, 0.3) is 0 Å². The van der Waals surface area contributed by atoms with Crippen molar-refractivity contribution in [2.75, 3.05) is 5.73 Å². The summed E-state index contributed by atoms with van der Waals surface area (Å²) in [5.41, 5.74) is 9.75. The Morgan fingerprint density at radius 1 is 1.00 bits per heavy atom. The van der Waals surface area contributed by atoms with Gasteiger partial charge in [0, 0.05) is 26.6 Å². The van der Waals surface area contributed by atoms with Crippen molar-refractivity contribution in [1.29, 1.82) is 0 Å². The summed E-state index contributed by atoms with van der Waals surface area (Å²) in [5, 5.41) is 3.41. The molecule has 0 aliphatic rings. The molecule has 2 aromatic carbocycles. The molecule has 4 nitrogen and oxygen atoms in total. The van der Waals surface area contributed by atoms with Gasteiger partial charge in [0.05, 0.1) is 11.9 Å². The maximum Gasteiger partial charge on any atom is 0.250 e. The van der Waals surface area contributed by atoms with Crippen molar-refractivity contribution in [3.63, 3.8) is 0 Å². The van der Waals surface area contributed by atoms with Gasteiger partial charge in [-0.25, -0.2) is 9.97 Å². The van der Waals surface area contributed by atoms with Crippen LogP contribution in [-0.4, -0.2) is 18.3 Å². The molecular formula is C24H27N3OSSi. The number of nitrogens with two attached hydrogens (primary N) is 1. The molecule has 2 aromatic heterocycles. The van der Waals surface area contributed by atoms with Crippen molar-refractivity contribution >= 4 is 35.6 Å². The van der Waals surface area contributed by atoms with Crippen molar-refractivity contribution in [3.05, 3.63) is 60.1 Å². The lowest BCUT2D eigenvalue weighted by molar-refractivity contribution is 0.492. The van der Waals surface area contributed by atoms with Gasteiger partial charge in [0.15, 0.2) is 0 Å². The summed E-state index contributed by atoms with van der Waals surface area (Å²) in [6, 6.07) is 16.4. The Hall–Kier alpha value is -2.70. The lowest BCUT2D eigenvalue weighted by Gasteiger charge is -2.36. The zero-order chi connectivity index (χ0) is 21.5. The van der Waals surface area contributed by atoms with Crippen LogP contribution in [0.3, 0.4) is 0 Å². The number of nitrogen functional groups attached to an aromatic ring is 1. The highest BCUT2D eigenvalue weighted by Gasteiger charge is 2.38. The highest BCUT2D eigenvalue weighted by atomic mass is 32.1. The Morgan fingerprint density at radius 2 is 1.70 bits per heavy atom. The van der Waals surface area contributed by atoms with Gasteiger partial charge in [0.2, 0.25) is 8.32 Å². The average Bonchev–Trinajstić information content (AvgIpc) is 3.12. The number of hydrogen-bond donors (Lipinski definition) is 1. The third-order valence-electron chi connectivity index (χ3n) is 5.87. The van der Waals surface area contributed by atoms with Crippen LogP contribution in [0.15, 0.2) is 60.1 Å². The first-order valence-electron chi connectivity index (χ1n) is 10.0. The molecule has 0 atom stereocenters. The van der Waals surface area contributed by atoms with Crippen LogP contribution in [0.25, 0.3) is 32.6 Å². The molecule has 0 aliphatic carbocycles. The van der Waals surface area contributed by atoms with Gasteiger partial charge in [-0.15, -0.1) is 11.3 Å². The third kappa shape index (κ3) is 3.85. The normalized spacial score (nSPS) is 12.3. The molecule has 0 unspecified atom stereocenters. The van der Waals surface area contributed by atoms with Crippen LogP contribution >= 0.6 is 11.3 Å². The molecular weight excluding hydrogens is 406 g/mol. The molecule has 4 rings (SSSR count). The van der Waals surface area contributed by atoms with Crippen LogP contribution in [0.5, 0.6) is 5.75 Å². The molecule has 0 spiro atoms. The number of anilines is 1. The third-order valence-corrected chi connectivity index (χ3v) is 11.2. The number of hydrogen-bond acceptors (Lipinski definition) is 5. The second-order valence-electron chi connectivity index (χ2n) is 9.02. The Bertz CT molecular complexity index is 1190. The van der Waals surface area contributed by atoms with Crippen molar-refractivity contribution in [3.8, 4) is 28.3 Å². The summed E-state index contributed by atoms with van der Waals surface area (Å²) in [4.78, 5) is 9.29. The fraction of sp³-hybridized carbons (Fsp3) is 0.250. The maximum atomic E-state index is 6.39. The van der Waals surface area contributed by atoms with Crippen LogP contribution in [0, 0.1) is 0 Å². The molecule has 0 bridgehead atoms. The predicted octanol–water partition coefficient (Wildman–Crippen LogP) is 6.99. The average molecular weight is 434 g/mol. The molecule has 0 saturated carbocycles. The van der Waals surface area contributed by atoms with Gasteiger partial charge < -0.3 is 10.2 Å². The van der Waals surface area contributed by atoms with Crippen molar-refractivity contribution in [2.45, 2.75) is 38.9 Å². The quantitative estimate of drug-likeness (QED) is 0.352. The van der Waals surface area contributed by atoms with E-state index in [0.29, 0.717) is 5.82 Å². The first kappa shape index (κ1) is 20.6. The van der Waals surface area contributed by atoms with E-state index >= 15 is 0 Å². The molecule has 4 aromatic rings. The van der Waals surface area contributed by atoms with E-state index in [0.717, 1.165) is 33.7 Å². The van der Waals surface area contributed by atoms with Crippen molar-refractivity contribution in [1.82, 2.24) is 9.97 Å². The minimum Gasteiger partial charge on any atom is -0.544 e. The van der Waals surface area contributed by atoms with E-state index in [2.05, 4.69) is 56.4 Å². The molecule has 2 heterocycles. The number of benzene rings is 2. The van der Waals surface area contributed by atoms with E-state index in [-0.39, 0.29) is 5.04 Å². The minimum absolute atomic E-state index is 0.159. The predicted molar refractivity (Wildman–Crippen MR) is 131 cm³/mol. The van der Waals surface area contributed by atoms with Crippen LogP contribution in [-0.2, 0) is 0 Å². The lowest BCUT2D eigenvalue weighted by Crippen LogP contribution is -2.43. The second kappa shape index (κ2) is 7.52. The molecule has 2 N–H and O–H groups in total. The van der Waals surface area contributed by atoms with Gasteiger partial charge in [0.1, 0.15) is 17.3 Å². The standard InChI is InChI=1S/C24H27N3OSSi/c1-24(2,3)30(4,5)28-17-12-10-16(11-13-17)20-14-26-23(25)22(27-20)19-15-29-21-9-7-6-8-18(19)21/h6-15H,1-5H3,(H2,25,26). The summed E-state index contributed by atoms with van der Waals surface area (Å²) < 4.78 is 7.61. The molecule has 30 heavy (non-hydrogen) atoms. The SMILES string of the molecule is CC(C)(C)[Si](C)(C)Oc1ccc(-c2cnc(N)c(-c3csc4ccccc34)n2)cc1. The summed E-state index contributed by atoms with van der Waals surface area (Å²) in [5.74, 6) is 1.35. The second-order valence-corrected chi connectivity index (χ2v) is 14.7. The number of thiophene rings is 1. The fourth-order valence-corrected chi connectivity index (χ4v) is 5.02. The lowest BCUT2D eigenvalue weighted by atomic mass is 10.1. The molecule has 6 heteroatoms. The number of fused-ring (bicyclic) bond motifs is 1. The smallest absolute Gasteiger partial charge is 0.250 e. The van der Waals surface area contributed by atoms with Crippen LogP contribution < -0.4 is 10.2 Å². The first-order valence-corrected chi connectivity index (χ1v) is 13.8. The monoisotopic (exact) mass is 433 g/mol. The van der Waals surface area contributed by atoms with E-state index in [9.17, 15) is 0 Å². The Balaban J connectivity index is 1.66. The van der Waals surface area contributed by atoms with Crippen molar-refractivity contribution < 1.29 is 4.43 Å². The Labute approximate surface area is 182 Å². The van der Waals surface area contributed by atoms with Gasteiger partial charge in [-0.05, 0) is 48.5 Å². The Morgan fingerprint density at radius 3 is 2.40 bits per heavy atom. The minimum atomic E-state index is -1.86. The van der Waals surface area contributed by atoms with E-state index in [1.165, 1.54) is 4.70 Å². The largest absolute Gasteiger partial charge is 0.544 e. The number of aromatic nitrogens is 2. The highest BCUT2D eigenvalue weighted by molar-refractivity contribution is 7.17. The zero-order valence-corrected chi connectivity index (χ0v) is 19.9. The van der Waals surface area contributed by atoms with E-state index in [1.807, 2.05) is 36.4 Å². The highest BCUT2D eigenvalue weighted by Crippen LogP contribution is 2.38. The van der Waals surface area contributed by atoms with E-state index in [4.69, 9.17) is 15.1 Å². The molecule has 0 fully saturated rings. The Kier molecular flexibility index (Phi) is 5.16. The van der Waals surface area contributed by atoms with Crippen LogP contribution in [0.4, 0.5) is 5.82 Å². The van der Waals surface area contributed by atoms with Crippen LogP contribution in [0.2, 0.25) is 18.1 Å². The topological polar surface area (TPSA) is 61.0 Å². The fourth-order valence-electron chi connectivity index (χ4n) is 3.04. The molecule has 0 aliphatic heterocycles. The first-order chi connectivity index (χ1) is 14.2. The van der Waals surface area contributed by atoms with Gasteiger partial charge >= 0.3 is 0 Å². The van der Waals surface area contributed by atoms with Crippen molar-refractivity contribution in [2.24, 2.45) is 0 Å². The van der Waals surface area contributed by atoms with Crippen LogP contribution in [0.1, 0.15) is 20.8 Å². The molecule has 0 amide bonds. The molecule has 154 valence electrons. The van der Waals surface area contributed by atoms with Gasteiger partial charge in [-0.2, -0.15) is 0 Å². The van der Waals surface area contributed by atoms with Gasteiger partial charge in [-0.1, -0.05) is 39.0 Å². The van der Waals surface area contributed by atoms with E-state index < -0.39 is 8.32 Å². The summed E-state index contributed by atoms with van der Waals surface area (Å²) >= 11 is 1.69. The van der Waals surface area contributed by atoms with Gasteiger partial charge in [-0.3, -0.25) is 0 Å². The number of rotatable bonds is 4. The summed E-state index contributed by atoms with van der Waals surface area (Å²) in [7, 11) is -1.86. The summed E-state index contributed by atoms with van der Waals surface area (Å²) in [6.07, 6.45) is 1.73. The zero-order valence-electron chi connectivity index (χ0n) is 18.1. The maximum absolute atomic E-state index is 6.39.